The fraction of sp³-hybridized carbons (Fsp3) is 0.727. The number of rotatable bonds is 3. The Labute approximate surface area is 90.8 Å². The summed E-state index contributed by atoms with van der Waals surface area (Å²) in [6, 6.07) is 0.417. The van der Waals surface area contributed by atoms with Crippen LogP contribution >= 0.6 is 11.3 Å². The maximum atomic E-state index is 4.31. The Kier molecular flexibility index (Phi) is 3.67. The van der Waals surface area contributed by atoms with E-state index in [-0.39, 0.29) is 5.41 Å². The second-order valence-corrected chi connectivity index (χ2v) is 5.55. The molecule has 0 aliphatic heterocycles. The van der Waals surface area contributed by atoms with Crippen molar-refractivity contribution in [2.75, 3.05) is 6.54 Å². The summed E-state index contributed by atoms with van der Waals surface area (Å²) in [5.41, 5.74) is 3.34. The van der Waals surface area contributed by atoms with E-state index in [4.69, 9.17) is 0 Å². The molecular formula is C11H20N2S. The molecule has 0 bridgehead atoms. The summed E-state index contributed by atoms with van der Waals surface area (Å²) < 4.78 is 0. The van der Waals surface area contributed by atoms with Gasteiger partial charge >= 0.3 is 0 Å². The van der Waals surface area contributed by atoms with Gasteiger partial charge in [0.25, 0.3) is 0 Å². The zero-order chi connectivity index (χ0) is 10.8. The topological polar surface area (TPSA) is 24.9 Å². The highest BCUT2D eigenvalue weighted by Gasteiger charge is 2.27. The Balaban J connectivity index is 2.95. The zero-order valence-electron chi connectivity index (χ0n) is 9.72. The average Bonchev–Trinajstić information content (AvgIpc) is 2.45. The molecule has 1 N–H and O–H groups in total. The molecule has 1 heterocycles. The molecule has 80 valence electrons. The van der Waals surface area contributed by atoms with Crippen LogP contribution in [0.3, 0.4) is 0 Å². The standard InChI is InChI=1S/C11H20N2S/c1-6-12-10(11(3,4)5)9-8(2)13-7-14-9/h7,10,12H,6H2,1-5H3. The summed E-state index contributed by atoms with van der Waals surface area (Å²) >= 11 is 1.75. The first-order valence-electron chi connectivity index (χ1n) is 5.10. The van der Waals surface area contributed by atoms with Gasteiger partial charge in [-0.2, -0.15) is 0 Å². The second kappa shape index (κ2) is 4.41. The van der Waals surface area contributed by atoms with Crippen molar-refractivity contribution in [1.29, 1.82) is 0 Å². The van der Waals surface area contributed by atoms with E-state index in [1.54, 1.807) is 11.3 Å². The highest BCUT2D eigenvalue weighted by molar-refractivity contribution is 7.09. The summed E-state index contributed by atoms with van der Waals surface area (Å²) in [5, 5.41) is 3.54. The summed E-state index contributed by atoms with van der Waals surface area (Å²) in [6.45, 7) is 12.0. The number of hydrogen-bond acceptors (Lipinski definition) is 3. The molecule has 14 heavy (non-hydrogen) atoms. The Bertz CT molecular complexity index is 286. The van der Waals surface area contributed by atoms with Crippen LogP contribution in [-0.4, -0.2) is 11.5 Å². The third kappa shape index (κ3) is 2.55. The minimum Gasteiger partial charge on any atom is -0.309 e. The lowest BCUT2D eigenvalue weighted by Crippen LogP contribution is -2.32. The van der Waals surface area contributed by atoms with Gasteiger partial charge in [-0.25, -0.2) is 4.98 Å². The second-order valence-electron chi connectivity index (χ2n) is 4.66. The van der Waals surface area contributed by atoms with Gasteiger partial charge in [0, 0.05) is 10.9 Å². The fourth-order valence-corrected chi connectivity index (χ4v) is 2.70. The predicted octanol–water partition coefficient (Wildman–Crippen LogP) is 3.15. The molecule has 2 nitrogen and oxygen atoms in total. The van der Waals surface area contributed by atoms with Gasteiger partial charge in [-0.05, 0) is 18.9 Å². The molecule has 0 radical (unpaired) electrons. The lowest BCUT2D eigenvalue weighted by molar-refractivity contribution is 0.279. The molecule has 1 aromatic heterocycles. The lowest BCUT2D eigenvalue weighted by Gasteiger charge is -2.30. The van der Waals surface area contributed by atoms with Gasteiger partial charge in [0.2, 0.25) is 0 Å². The van der Waals surface area contributed by atoms with Crippen molar-refractivity contribution < 1.29 is 0 Å². The quantitative estimate of drug-likeness (QED) is 0.832. The first kappa shape index (κ1) is 11.7. The summed E-state index contributed by atoms with van der Waals surface area (Å²) in [6.07, 6.45) is 0. The number of nitrogens with one attached hydrogen (secondary N) is 1. The molecule has 0 saturated heterocycles. The van der Waals surface area contributed by atoms with Crippen molar-refractivity contribution in [3.63, 3.8) is 0 Å². The molecule has 0 aliphatic carbocycles. The molecule has 0 fully saturated rings. The van der Waals surface area contributed by atoms with E-state index in [0.29, 0.717) is 6.04 Å². The van der Waals surface area contributed by atoms with Crippen LogP contribution in [0.15, 0.2) is 5.51 Å². The fourth-order valence-electron chi connectivity index (χ4n) is 1.58. The van der Waals surface area contributed by atoms with E-state index in [0.717, 1.165) is 12.2 Å². The van der Waals surface area contributed by atoms with Gasteiger partial charge < -0.3 is 5.32 Å². The highest BCUT2D eigenvalue weighted by Crippen LogP contribution is 2.36. The van der Waals surface area contributed by atoms with Gasteiger partial charge in [0.05, 0.1) is 11.2 Å². The van der Waals surface area contributed by atoms with E-state index < -0.39 is 0 Å². The molecule has 1 atom stereocenters. The largest absolute Gasteiger partial charge is 0.309 e. The van der Waals surface area contributed by atoms with Crippen LogP contribution < -0.4 is 5.32 Å². The maximum absolute atomic E-state index is 4.31. The number of aromatic nitrogens is 1. The summed E-state index contributed by atoms with van der Waals surface area (Å²) in [7, 11) is 0. The lowest BCUT2D eigenvalue weighted by atomic mass is 9.85. The van der Waals surface area contributed by atoms with Crippen molar-refractivity contribution in [3.05, 3.63) is 16.1 Å². The molecule has 1 rings (SSSR count). The molecule has 0 saturated carbocycles. The van der Waals surface area contributed by atoms with Crippen LogP contribution in [-0.2, 0) is 0 Å². The first-order chi connectivity index (χ1) is 6.46. The van der Waals surface area contributed by atoms with Crippen molar-refractivity contribution in [1.82, 2.24) is 10.3 Å². The van der Waals surface area contributed by atoms with Crippen molar-refractivity contribution in [2.24, 2.45) is 5.41 Å². The molecule has 0 aliphatic rings. The van der Waals surface area contributed by atoms with Gasteiger partial charge in [0.15, 0.2) is 0 Å². The molecular weight excluding hydrogens is 192 g/mol. The Hall–Kier alpha value is -0.410. The minimum absolute atomic E-state index is 0.243. The van der Waals surface area contributed by atoms with Crippen LogP contribution in [0.4, 0.5) is 0 Å². The molecule has 1 aromatic rings. The zero-order valence-corrected chi connectivity index (χ0v) is 10.5. The Morgan fingerprint density at radius 1 is 1.50 bits per heavy atom. The maximum Gasteiger partial charge on any atom is 0.0798 e. The van der Waals surface area contributed by atoms with Crippen LogP contribution in [0.2, 0.25) is 0 Å². The van der Waals surface area contributed by atoms with Gasteiger partial charge in [0.1, 0.15) is 0 Å². The van der Waals surface area contributed by atoms with E-state index in [1.807, 2.05) is 5.51 Å². The van der Waals surface area contributed by atoms with Gasteiger partial charge in [-0.15, -0.1) is 11.3 Å². The summed E-state index contributed by atoms with van der Waals surface area (Å²) in [5.74, 6) is 0. The third-order valence-corrected chi connectivity index (χ3v) is 3.31. The van der Waals surface area contributed by atoms with Crippen LogP contribution in [0.25, 0.3) is 0 Å². The third-order valence-electron chi connectivity index (χ3n) is 2.32. The number of aryl methyl sites for hydroxylation is 1. The molecule has 3 heteroatoms. The molecule has 0 spiro atoms. The highest BCUT2D eigenvalue weighted by atomic mass is 32.1. The number of nitrogens with zero attached hydrogens (tertiary/aromatic N) is 1. The van der Waals surface area contributed by atoms with E-state index in [1.165, 1.54) is 4.88 Å². The van der Waals surface area contributed by atoms with E-state index in [2.05, 4.69) is 44.9 Å². The summed E-state index contributed by atoms with van der Waals surface area (Å²) in [4.78, 5) is 5.69. The van der Waals surface area contributed by atoms with E-state index in [9.17, 15) is 0 Å². The Morgan fingerprint density at radius 3 is 2.50 bits per heavy atom. The predicted molar refractivity (Wildman–Crippen MR) is 62.7 cm³/mol. The number of hydrogen-bond donors (Lipinski definition) is 1. The first-order valence-corrected chi connectivity index (χ1v) is 5.98. The SMILES string of the molecule is CCNC(c1scnc1C)C(C)(C)C. The van der Waals surface area contributed by atoms with Crippen molar-refractivity contribution >= 4 is 11.3 Å². The van der Waals surface area contributed by atoms with Crippen LogP contribution in [0.1, 0.15) is 44.3 Å². The smallest absolute Gasteiger partial charge is 0.0798 e. The van der Waals surface area contributed by atoms with Crippen molar-refractivity contribution in [3.8, 4) is 0 Å². The number of thiazole rings is 1. The van der Waals surface area contributed by atoms with Crippen LogP contribution in [0.5, 0.6) is 0 Å². The van der Waals surface area contributed by atoms with Gasteiger partial charge in [-0.1, -0.05) is 27.7 Å². The van der Waals surface area contributed by atoms with Gasteiger partial charge in [-0.3, -0.25) is 0 Å². The minimum atomic E-state index is 0.243. The monoisotopic (exact) mass is 212 g/mol. The average molecular weight is 212 g/mol. The van der Waals surface area contributed by atoms with E-state index >= 15 is 0 Å². The van der Waals surface area contributed by atoms with Crippen molar-refractivity contribution in [2.45, 2.75) is 40.7 Å². The molecule has 0 aromatic carbocycles. The normalized spacial score (nSPS) is 14.4. The van der Waals surface area contributed by atoms with Crippen LogP contribution in [0, 0.1) is 12.3 Å². The Morgan fingerprint density at radius 2 is 2.14 bits per heavy atom. The molecule has 1 unspecified atom stereocenters. The molecule has 0 amide bonds.